The maximum absolute atomic E-state index is 11.5. The number of amides is 3. The summed E-state index contributed by atoms with van der Waals surface area (Å²) in [6.07, 6.45) is 3.64. The lowest BCUT2D eigenvalue weighted by molar-refractivity contribution is -0.115. The summed E-state index contributed by atoms with van der Waals surface area (Å²) < 4.78 is 5.38. The molecular formula is C15H16N2O4. The highest BCUT2D eigenvalue weighted by atomic mass is 16.5. The van der Waals surface area contributed by atoms with Crippen LogP contribution in [0.3, 0.4) is 0 Å². The highest BCUT2D eigenvalue weighted by Crippen LogP contribution is 2.33. The van der Waals surface area contributed by atoms with E-state index < -0.39 is 11.9 Å². The normalized spacial score (nSPS) is 15.8. The van der Waals surface area contributed by atoms with Crippen LogP contribution in [0.5, 0.6) is 11.5 Å². The first-order chi connectivity index (χ1) is 10.0. The molecule has 110 valence electrons. The molecule has 1 aromatic carbocycles. The van der Waals surface area contributed by atoms with Crippen molar-refractivity contribution in [1.29, 1.82) is 0 Å². The van der Waals surface area contributed by atoms with Crippen LogP contribution in [-0.2, 0) is 11.2 Å². The SMILES string of the molecule is C=CCc1cc(/C=C2\NC(=O)NC2=O)cc(OCC)c1O. The first-order valence-electron chi connectivity index (χ1n) is 6.48. The van der Waals surface area contributed by atoms with Gasteiger partial charge in [0.25, 0.3) is 5.91 Å². The van der Waals surface area contributed by atoms with Crippen molar-refractivity contribution >= 4 is 18.0 Å². The topological polar surface area (TPSA) is 87.7 Å². The van der Waals surface area contributed by atoms with Gasteiger partial charge in [-0.2, -0.15) is 0 Å². The third-order valence-corrected chi connectivity index (χ3v) is 2.87. The summed E-state index contributed by atoms with van der Waals surface area (Å²) in [5, 5.41) is 14.6. The lowest BCUT2D eigenvalue weighted by Gasteiger charge is -2.11. The Morgan fingerprint density at radius 3 is 2.67 bits per heavy atom. The first kappa shape index (κ1) is 14.6. The number of imide groups is 1. The van der Waals surface area contributed by atoms with Crippen molar-refractivity contribution in [2.75, 3.05) is 6.61 Å². The number of carbonyl (C=O) groups is 2. The van der Waals surface area contributed by atoms with Crippen LogP contribution in [0.4, 0.5) is 4.79 Å². The molecule has 1 saturated heterocycles. The number of allylic oxidation sites excluding steroid dienone is 1. The molecule has 2 rings (SSSR count). The van der Waals surface area contributed by atoms with E-state index in [-0.39, 0.29) is 11.4 Å². The number of hydrogen-bond acceptors (Lipinski definition) is 4. The molecule has 0 atom stereocenters. The number of aromatic hydroxyl groups is 1. The van der Waals surface area contributed by atoms with Gasteiger partial charge in [0.2, 0.25) is 0 Å². The zero-order valence-corrected chi connectivity index (χ0v) is 11.6. The van der Waals surface area contributed by atoms with Crippen molar-refractivity contribution in [3.8, 4) is 11.5 Å². The third-order valence-electron chi connectivity index (χ3n) is 2.87. The summed E-state index contributed by atoms with van der Waals surface area (Å²) in [5.41, 5.74) is 1.42. The lowest BCUT2D eigenvalue weighted by atomic mass is 10.0. The van der Waals surface area contributed by atoms with Crippen LogP contribution in [0.1, 0.15) is 18.1 Å². The number of carbonyl (C=O) groups excluding carboxylic acids is 2. The Balaban J connectivity index is 2.43. The van der Waals surface area contributed by atoms with E-state index in [1.807, 2.05) is 6.92 Å². The molecule has 0 spiro atoms. The van der Waals surface area contributed by atoms with Crippen molar-refractivity contribution in [2.24, 2.45) is 0 Å². The van der Waals surface area contributed by atoms with Gasteiger partial charge in [0.05, 0.1) is 6.61 Å². The van der Waals surface area contributed by atoms with Crippen molar-refractivity contribution in [3.05, 3.63) is 41.6 Å². The Bertz CT molecular complexity index is 635. The van der Waals surface area contributed by atoms with Crippen LogP contribution in [0, 0.1) is 0 Å². The summed E-state index contributed by atoms with van der Waals surface area (Å²) >= 11 is 0. The van der Waals surface area contributed by atoms with E-state index in [1.54, 1.807) is 18.2 Å². The Labute approximate surface area is 122 Å². The molecule has 3 N–H and O–H groups in total. The van der Waals surface area contributed by atoms with E-state index in [2.05, 4.69) is 17.2 Å². The van der Waals surface area contributed by atoms with Gasteiger partial charge in [0, 0.05) is 5.56 Å². The minimum Gasteiger partial charge on any atom is -0.504 e. The number of phenolic OH excluding ortho intramolecular Hbond substituents is 1. The number of ether oxygens (including phenoxy) is 1. The van der Waals surface area contributed by atoms with Crippen LogP contribution in [-0.4, -0.2) is 23.7 Å². The molecule has 0 aromatic heterocycles. The van der Waals surface area contributed by atoms with Gasteiger partial charge in [-0.05, 0) is 37.1 Å². The average molecular weight is 288 g/mol. The fourth-order valence-electron chi connectivity index (χ4n) is 2.00. The molecule has 1 aromatic rings. The zero-order chi connectivity index (χ0) is 15.4. The monoisotopic (exact) mass is 288 g/mol. The van der Waals surface area contributed by atoms with E-state index in [0.29, 0.717) is 29.9 Å². The van der Waals surface area contributed by atoms with Crippen LogP contribution in [0.25, 0.3) is 6.08 Å². The van der Waals surface area contributed by atoms with Crippen molar-refractivity contribution < 1.29 is 19.4 Å². The average Bonchev–Trinajstić information content (AvgIpc) is 2.74. The molecule has 0 radical (unpaired) electrons. The predicted octanol–water partition coefficient (Wildman–Crippen LogP) is 1.70. The predicted molar refractivity (Wildman–Crippen MR) is 77.8 cm³/mol. The lowest BCUT2D eigenvalue weighted by Crippen LogP contribution is -2.22. The van der Waals surface area contributed by atoms with Gasteiger partial charge < -0.3 is 15.2 Å². The standard InChI is InChI=1S/C15H16N2O4/c1-3-5-10-6-9(8-12(13(10)18)21-4-2)7-11-14(19)17-15(20)16-11/h3,6-8,18H,1,4-5H2,2H3,(H2,16,17,19,20)/b11-7-. The molecule has 6 nitrogen and oxygen atoms in total. The Kier molecular flexibility index (Phi) is 4.27. The van der Waals surface area contributed by atoms with Gasteiger partial charge in [0.15, 0.2) is 11.5 Å². The van der Waals surface area contributed by atoms with E-state index in [0.717, 1.165) is 0 Å². The Morgan fingerprint density at radius 2 is 2.10 bits per heavy atom. The molecule has 21 heavy (non-hydrogen) atoms. The smallest absolute Gasteiger partial charge is 0.326 e. The minimum absolute atomic E-state index is 0.0545. The minimum atomic E-state index is -0.554. The number of phenols is 1. The fourth-order valence-corrected chi connectivity index (χ4v) is 2.00. The number of urea groups is 1. The van der Waals surface area contributed by atoms with Gasteiger partial charge in [-0.3, -0.25) is 10.1 Å². The van der Waals surface area contributed by atoms with Crippen LogP contribution < -0.4 is 15.4 Å². The molecule has 3 amide bonds. The largest absolute Gasteiger partial charge is 0.504 e. The number of hydrogen-bond donors (Lipinski definition) is 3. The zero-order valence-electron chi connectivity index (χ0n) is 11.6. The second kappa shape index (κ2) is 6.13. The van der Waals surface area contributed by atoms with E-state index in [1.165, 1.54) is 6.08 Å². The van der Waals surface area contributed by atoms with E-state index >= 15 is 0 Å². The number of nitrogens with one attached hydrogen (secondary N) is 2. The van der Waals surface area contributed by atoms with Gasteiger partial charge in [-0.1, -0.05) is 6.08 Å². The number of benzene rings is 1. The third kappa shape index (κ3) is 3.22. The van der Waals surface area contributed by atoms with E-state index in [9.17, 15) is 14.7 Å². The van der Waals surface area contributed by atoms with Crippen molar-refractivity contribution in [3.63, 3.8) is 0 Å². The second-order valence-electron chi connectivity index (χ2n) is 4.42. The van der Waals surface area contributed by atoms with Gasteiger partial charge >= 0.3 is 6.03 Å². The number of rotatable bonds is 5. The summed E-state index contributed by atoms with van der Waals surface area (Å²) in [7, 11) is 0. The molecule has 0 saturated carbocycles. The molecule has 0 bridgehead atoms. The fraction of sp³-hybridized carbons (Fsp3) is 0.200. The molecule has 6 heteroatoms. The molecule has 1 aliphatic heterocycles. The maximum atomic E-state index is 11.5. The Hall–Kier alpha value is -2.76. The highest BCUT2D eigenvalue weighted by Gasteiger charge is 2.23. The molecule has 1 heterocycles. The van der Waals surface area contributed by atoms with Crippen LogP contribution >= 0.6 is 0 Å². The first-order valence-corrected chi connectivity index (χ1v) is 6.48. The van der Waals surface area contributed by atoms with E-state index in [4.69, 9.17) is 4.74 Å². The summed E-state index contributed by atoms with van der Waals surface area (Å²) in [6, 6.07) is 2.77. The molecule has 0 aliphatic carbocycles. The summed E-state index contributed by atoms with van der Waals surface area (Å²) in [4.78, 5) is 22.6. The molecular weight excluding hydrogens is 272 g/mol. The van der Waals surface area contributed by atoms with Crippen molar-refractivity contribution in [2.45, 2.75) is 13.3 Å². The summed E-state index contributed by atoms with van der Waals surface area (Å²) in [5.74, 6) is -0.108. The van der Waals surface area contributed by atoms with Crippen LogP contribution in [0.15, 0.2) is 30.5 Å². The molecule has 1 aliphatic rings. The van der Waals surface area contributed by atoms with Crippen molar-refractivity contribution in [1.82, 2.24) is 10.6 Å². The quantitative estimate of drug-likeness (QED) is 0.437. The van der Waals surface area contributed by atoms with Gasteiger partial charge in [-0.25, -0.2) is 4.79 Å². The van der Waals surface area contributed by atoms with Gasteiger partial charge in [-0.15, -0.1) is 6.58 Å². The molecule has 1 fully saturated rings. The summed E-state index contributed by atoms with van der Waals surface area (Å²) in [6.45, 7) is 5.85. The molecule has 0 unspecified atom stereocenters. The maximum Gasteiger partial charge on any atom is 0.326 e. The van der Waals surface area contributed by atoms with Gasteiger partial charge in [0.1, 0.15) is 5.70 Å². The van der Waals surface area contributed by atoms with Crippen LogP contribution in [0.2, 0.25) is 0 Å². The Morgan fingerprint density at radius 1 is 1.33 bits per heavy atom. The highest BCUT2D eigenvalue weighted by molar-refractivity contribution is 6.14. The second-order valence-corrected chi connectivity index (χ2v) is 4.42.